The lowest BCUT2D eigenvalue weighted by molar-refractivity contribution is -0.0888. The number of hydrogen-bond acceptors (Lipinski definition) is 3. The molecule has 0 N–H and O–H groups in total. The maximum absolute atomic E-state index is 12.1. The lowest BCUT2D eigenvalue weighted by Crippen LogP contribution is -2.23. The summed E-state index contributed by atoms with van der Waals surface area (Å²) < 4.78 is 37.3. The third-order valence-electron chi connectivity index (χ3n) is 1.64. The van der Waals surface area contributed by atoms with Gasteiger partial charge in [-0.1, -0.05) is 0 Å². The van der Waals surface area contributed by atoms with Gasteiger partial charge in [0.25, 0.3) is 5.78 Å². The summed E-state index contributed by atoms with van der Waals surface area (Å²) in [4.78, 5) is 14.9. The van der Waals surface area contributed by atoms with Crippen LogP contribution in [0.25, 0.3) is 4.96 Å². The summed E-state index contributed by atoms with van der Waals surface area (Å²) in [6.07, 6.45) is -2.54. The van der Waals surface area contributed by atoms with E-state index in [0.29, 0.717) is 4.96 Å². The van der Waals surface area contributed by atoms with E-state index in [0.717, 1.165) is 10.6 Å². The van der Waals surface area contributed by atoms with Gasteiger partial charge in [0, 0.05) is 11.6 Å². The monoisotopic (exact) mass is 220 g/mol. The molecule has 0 amide bonds. The van der Waals surface area contributed by atoms with Crippen molar-refractivity contribution in [1.82, 2.24) is 9.38 Å². The first-order chi connectivity index (χ1) is 6.50. The molecule has 14 heavy (non-hydrogen) atoms. The number of thiazole rings is 1. The fraction of sp³-hybridized carbons (Fsp3) is 0.143. The van der Waals surface area contributed by atoms with Crippen LogP contribution in [0.5, 0.6) is 0 Å². The van der Waals surface area contributed by atoms with Crippen LogP contribution in [0.4, 0.5) is 13.2 Å². The minimum Gasteiger partial charge on any atom is -0.287 e. The number of rotatable bonds is 1. The fourth-order valence-electron chi connectivity index (χ4n) is 1.04. The van der Waals surface area contributed by atoms with Gasteiger partial charge in [0.1, 0.15) is 5.69 Å². The Balaban J connectivity index is 2.54. The van der Waals surface area contributed by atoms with Gasteiger partial charge in [-0.25, -0.2) is 4.98 Å². The number of carbonyl (C=O) groups excluding carboxylic acids is 1. The molecule has 2 aromatic rings. The molecule has 74 valence electrons. The highest BCUT2D eigenvalue weighted by atomic mass is 32.1. The van der Waals surface area contributed by atoms with E-state index in [1.165, 1.54) is 17.5 Å². The molecule has 0 aliphatic rings. The van der Waals surface area contributed by atoms with Gasteiger partial charge >= 0.3 is 6.18 Å². The third kappa shape index (κ3) is 1.29. The van der Waals surface area contributed by atoms with Gasteiger partial charge in [0.2, 0.25) is 0 Å². The Kier molecular flexibility index (Phi) is 1.84. The highest BCUT2D eigenvalue weighted by molar-refractivity contribution is 7.15. The van der Waals surface area contributed by atoms with E-state index in [4.69, 9.17) is 0 Å². The van der Waals surface area contributed by atoms with Crippen LogP contribution in [0.1, 0.15) is 10.5 Å². The summed E-state index contributed by atoms with van der Waals surface area (Å²) in [5.41, 5.74) is -0.450. The molecule has 0 bridgehead atoms. The zero-order chi connectivity index (χ0) is 10.3. The van der Waals surface area contributed by atoms with Crippen molar-refractivity contribution in [2.24, 2.45) is 0 Å². The topological polar surface area (TPSA) is 34.4 Å². The molecule has 2 heterocycles. The maximum atomic E-state index is 12.1. The van der Waals surface area contributed by atoms with Crippen LogP contribution in [0, 0.1) is 0 Å². The lowest BCUT2D eigenvalue weighted by Gasteiger charge is -2.02. The van der Waals surface area contributed by atoms with Crippen molar-refractivity contribution in [3.8, 4) is 0 Å². The zero-order valence-electron chi connectivity index (χ0n) is 6.58. The second-order valence-corrected chi connectivity index (χ2v) is 3.40. The summed E-state index contributed by atoms with van der Waals surface area (Å²) in [6.45, 7) is 0. The van der Waals surface area contributed by atoms with E-state index in [1.54, 1.807) is 5.38 Å². The van der Waals surface area contributed by atoms with Gasteiger partial charge in [-0.3, -0.25) is 9.20 Å². The molecule has 0 saturated heterocycles. The van der Waals surface area contributed by atoms with Crippen molar-refractivity contribution in [3.05, 3.63) is 23.5 Å². The highest BCUT2D eigenvalue weighted by Gasteiger charge is 2.41. The first-order valence-corrected chi connectivity index (χ1v) is 4.40. The van der Waals surface area contributed by atoms with E-state index in [9.17, 15) is 18.0 Å². The minimum atomic E-state index is -4.85. The number of alkyl halides is 3. The largest absolute Gasteiger partial charge is 0.456 e. The second kappa shape index (κ2) is 2.81. The molecule has 7 heteroatoms. The first-order valence-electron chi connectivity index (χ1n) is 3.52. The number of fused-ring (bicyclic) bond motifs is 1. The Labute approximate surface area is 79.8 Å². The molecular weight excluding hydrogens is 217 g/mol. The van der Waals surface area contributed by atoms with E-state index in [1.807, 2.05) is 0 Å². The molecule has 0 fully saturated rings. The summed E-state index contributed by atoms with van der Waals surface area (Å²) >= 11 is 1.17. The zero-order valence-corrected chi connectivity index (χ0v) is 7.39. The molecule has 0 aliphatic heterocycles. The van der Waals surface area contributed by atoms with Crippen molar-refractivity contribution in [3.63, 3.8) is 0 Å². The van der Waals surface area contributed by atoms with Gasteiger partial charge in [-0.2, -0.15) is 13.2 Å². The van der Waals surface area contributed by atoms with Gasteiger partial charge in [0.15, 0.2) is 4.96 Å². The van der Waals surface area contributed by atoms with E-state index in [-0.39, 0.29) is 0 Å². The van der Waals surface area contributed by atoms with Gasteiger partial charge < -0.3 is 0 Å². The van der Waals surface area contributed by atoms with Crippen molar-refractivity contribution in [2.75, 3.05) is 0 Å². The minimum absolute atomic E-state index is 0.373. The number of halogens is 3. The van der Waals surface area contributed by atoms with Crippen LogP contribution in [0.2, 0.25) is 0 Å². The van der Waals surface area contributed by atoms with Crippen molar-refractivity contribution in [1.29, 1.82) is 0 Å². The normalized spacial score (nSPS) is 12.2. The number of aromatic nitrogens is 2. The number of ketones is 1. The lowest BCUT2D eigenvalue weighted by atomic mass is 10.3. The smallest absolute Gasteiger partial charge is 0.287 e. The van der Waals surface area contributed by atoms with Crippen LogP contribution in [-0.2, 0) is 0 Å². The molecule has 0 spiro atoms. The van der Waals surface area contributed by atoms with Crippen LogP contribution >= 0.6 is 11.3 Å². The predicted molar refractivity (Wildman–Crippen MR) is 43.5 cm³/mol. The molecule has 0 atom stereocenters. The van der Waals surface area contributed by atoms with Crippen molar-refractivity contribution in [2.45, 2.75) is 6.18 Å². The Hall–Kier alpha value is -1.37. The quantitative estimate of drug-likeness (QED) is 0.690. The van der Waals surface area contributed by atoms with E-state index >= 15 is 0 Å². The molecular formula is C7H3F3N2OS. The highest BCUT2D eigenvalue weighted by Crippen LogP contribution is 2.23. The first kappa shape index (κ1) is 9.20. The number of nitrogens with zero attached hydrogens (tertiary/aromatic N) is 2. The van der Waals surface area contributed by atoms with Gasteiger partial charge in [-0.05, 0) is 0 Å². The molecule has 2 rings (SSSR count). The fourth-order valence-corrected chi connectivity index (χ4v) is 1.73. The van der Waals surface area contributed by atoms with Crippen LogP contribution < -0.4 is 0 Å². The second-order valence-electron chi connectivity index (χ2n) is 2.53. The predicted octanol–water partition coefficient (Wildman–Crippen LogP) is 2.14. The van der Waals surface area contributed by atoms with Crippen LogP contribution in [-0.4, -0.2) is 21.3 Å². The van der Waals surface area contributed by atoms with Gasteiger partial charge in [-0.15, -0.1) is 11.3 Å². The van der Waals surface area contributed by atoms with Crippen molar-refractivity contribution < 1.29 is 18.0 Å². The average molecular weight is 220 g/mol. The molecule has 0 aliphatic carbocycles. The maximum Gasteiger partial charge on any atom is 0.456 e. The molecule has 2 aromatic heterocycles. The van der Waals surface area contributed by atoms with Crippen LogP contribution in [0.15, 0.2) is 17.8 Å². The Bertz CT molecular complexity index is 484. The number of Topliss-reactive ketones (excluding diaryl/α,β-unsaturated/α-hetero) is 1. The summed E-state index contributed by atoms with van der Waals surface area (Å²) in [6, 6.07) is 0. The Morgan fingerprint density at radius 3 is 2.86 bits per heavy atom. The molecule has 0 saturated carbocycles. The average Bonchev–Trinajstić information content (AvgIpc) is 2.59. The number of imidazole rings is 1. The summed E-state index contributed by atoms with van der Waals surface area (Å²) in [5.74, 6) is -1.87. The molecule has 0 unspecified atom stereocenters. The number of hydrogen-bond donors (Lipinski definition) is 0. The summed E-state index contributed by atoms with van der Waals surface area (Å²) in [5, 5.41) is 1.56. The Morgan fingerprint density at radius 2 is 2.21 bits per heavy atom. The van der Waals surface area contributed by atoms with Gasteiger partial charge in [0.05, 0.1) is 6.20 Å². The van der Waals surface area contributed by atoms with E-state index < -0.39 is 17.7 Å². The van der Waals surface area contributed by atoms with E-state index in [2.05, 4.69) is 4.98 Å². The molecule has 3 nitrogen and oxygen atoms in total. The third-order valence-corrected chi connectivity index (χ3v) is 2.41. The van der Waals surface area contributed by atoms with Crippen LogP contribution in [0.3, 0.4) is 0 Å². The number of carbonyl (C=O) groups is 1. The summed E-state index contributed by atoms with van der Waals surface area (Å²) in [7, 11) is 0. The Morgan fingerprint density at radius 1 is 1.50 bits per heavy atom. The molecule has 0 aromatic carbocycles. The standard InChI is InChI=1S/C7H3F3N2OS/c8-7(9,10)5(13)4-3-11-6-12(4)1-2-14-6/h1-3H. The van der Waals surface area contributed by atoms with Crippen molar-refractivity contribution >= 4 is 22.1 Å². The SMILES string of the molecule is O=C(c1cnc2sccn12)C(F)(F)F. The molecule has 0 radical (unpaired) electrons.